The number of hydrogen-bond acceptors (Lipinski definition) is 4. The van der Waals surface area contributed by atoms with Crippen molar-refractivity contribution >= 4 is 29.5 Å². The first kappa shape index (κ1) is 19.7. The third kappa shape index (κ3) is 4.80. The number of carbonyl (C=O) groups is 3. The molecule has 0 aliphatic heterocycles. The summed E-state index contributed by atoms with van der Waals surface area (Å²) >= 11 is 5.92. The number of hydrogen-bond donors (Lipinski definition) is 2. The quantitative estimate of drug-likeness (QED) is 0.751. The third-order valence-electron chi connectivity index (χ3n) is 5.52. The highest BCUT2D eigenvalue weighted by Gasteiger charge is 2.47. The Bertz CT molecular complexity index is 694. The van der Waals surface area contributed by atoms with Crippen LogP contribution in [0.4, 0.5) is 4.79 Å². The summed E-state index contributed by atoms with van der Waals surface area (Å²) in [6, 6.07) is 6.70. The molecule has 7 heteroatoms. The van der Waals surface area contributed by atoms with Gasteiger partial charge in [-0.25, -0.2) is 4.79 Å². The Morgan fingerprint density at radius 3 is 2.30 bits per heavy atom. The van der Waals surface area contributed by atoms with Gasteiger partial charge in [0.25, 0.3) is 5.91 Å². The predicted octanol–water partition coefficient (Wildman–Crippen LogP) is 3.46. The van der Waals surface area contributed by atoms with Crippen molar-refractivity contribution in [2.75, 3.05) is 6.61 Å². The van der Waals surface area contributed by atoms with E-state index in [1.165, 1.54) is 6.42 Å². The second-order valence-corrected chi connectivity index (χ2v) is 7.81. The van der Waals surface area contributed by atoms with Crippen LogP contribution >= 0.6 is 11.6 Å². The maximum Gasteiger partial charge on any atom is 0.321 e. The SMILES string of the molecule is O=C(COC(=O)C1(c2ccc(Cl)cc2)CCC1)NC(=O)NC1CCCCC1. The topological polar surface area (TPSA) is 84.5 Å². The molecule has 0 saturated heterocycles. The molecule has 2 N–H and O–H groups in total. The average molecular weight is 393 g/mol. The molecule has 2 saturated carbocycles. The Labute approximate surface area is 164 Å². The van der Waals surface area contributed by atoms with Crippen LogP contribution in [0.5, 0.6) is 0 Å². The van der Waals surface area contributed by atoms with Gasteiger partial charge in [-0.3, -0.25) is 14.9 Å². The zero-order valence-electron chi connectivity index (χ0n) is 15.3. The summed E-state index contributed by atoms with van der Waals surface area (Å²) in [5, 5.41) is 5.63. The summed E-state index contributed by atoms with van der Waals surface area (Å²) in [6.07, 6.45) is 7.50. The van der Waals surface area contributed by atoms with Gasteiger partial charge in [-0.1, -0.05) is 49.4 Å². The Balaban J connectivity index is 1.48. The molecule has 0 heterocycles. The van der Waals surface area contributed by atoms with Gasteiger partial charge in [0.1, 0.15) is 0 Å². The largest absolute Gasteiger partial charge is 0.455 e. The van der Waals surface area contributed by atoms with E-state index in [-0.39, 0.29) is 6.04 Å². The smallest absolute Gasteiger partial charge is 0.321 e. The van der Waals surface area contributed by atoms with E-state index in [0.717, 1.165) is 37.7 Å². The number of benzene rings is 1. The van der Waals surface area contributed by atoms with Crippen LogP contribution in [0.1, 0.15) is 56.9 Å². The van der Waals surface area contributed by atoms with E-state index < -0.39 is 29.9 Å². The van der Waals surface area contributed by atoms with Crippen LogP contribution in [0.3, 0.4) is 0 Å². The molecule has 0 aromatic heterocycles. The number of esters is 1. The lowest BCUT2D eigenvalue weighted by Gasteiger charge is -2.39. The highest BCUT2D eigenvalue weighted by atomic mass is 35.5. The van der Waals surface area contributed by atoms with Crippen molar-refractivity contribution in [1.82, 2.24) is 10.6 Å². The van der Waals surface area contributed by atoms with Crippen molar-refractivity contribution in [1.29, 1.82) is 0 Å². The molecule has 2 aliphatic rings. The molecule has 2 aliphatic carbocycles. The Morgan fingerprint density at radius 2 is 1.70 bits per heavy atom. The highest BCUT2D eigenvalue weighted by Crippen LogP contribution is 2.45. The number of ether oxygens (including phenoxy) is 1. The fourth-order valence-corrected chi connectivity index (χ4v) is 3.94. The fourth-order valence-electron chi connectivity index (χ4n) is 3.81. The van der Waals surface area contributed by atoms with Crippen molar-refractivity contribution in [3.8, 4) is 0 Å². The number of nitrogens with one attached hydrogen (secondary N) is 2. The minimum atomic E-state index is -0.713. The van der Waals surface area contributed by atoms with Gasteiger partial charge in [-0.2, -0.15) is 0 Å². The first-order valence-corrected chi connectivity index (χ1v) is 9.91. The molecule has 27 heavy (non-hydrogen) atoms. The normalized spacial score (nSPS) is 18.9. The molecule has 3 rings (SSSR count). The summed E-state index contributed by atoms with van der Waals surface area (Å²) in [6.45, 7) is -0.466. The van der Waals surface area contributed by atoms with E-state index >= 15 is 0 Å². The lowest BCUT2D eigenvalue weighted by atomic mass is 9.64. The number of amides is 3. The van der Waals surface area contributed by atoms with E-state index in [0.29, 0.717) is 17.9 Å². The summed E-state index contributed by atoms with van der Waals surface area (Å²) in [7, 11) is 0. The lowest BCUT2D eigenvalue weighted by Crippen LogP contribution is -2.48. The van der Waals surface area contributed by atoms with E-state index in [9.17, 15) is 14.4 Å². The number of carbonyl (C=O) groups excluding carboxylic acids is 3. The van der Waals surface area contributed by atoms with Crippen molar-refractivity contribution in [2.24, 2.45) is 0 Å². The predicted molar refractivity (Wildman–Crippen MR) is 101 cm³/mol. The van der Waals surface area contributed by atoms with Crippen molar-refractivity contribution in [2.45, 2.75) is 62.8 Å². The van der Waals surface area contributed by atoms with Gasteiger partial charge >= 0.3 is 12.0 Å². The van der Waals surface area contributed by atoms with Gasteiger partial charge in [0, 0.05) is 11.1 Å². The van der Waals surface area contributed by atoms with E-state index in [1.807, 2.05) is 12.1 Å². The first-order valence-electron chi connectivity index (χ1n) is 9.53. The standard InChI is InChI=1S/C20H25ClN2O4/c21-15-9-7-14(8-10-15)20(11-4-12-20)18(25)27-13-17(24)23-19(26)22-16-5-2-1-3-6-16/h7-10,16H,1-6,11-13H2,(H2,22,23,24,26). The molecule has 146 valence electrons. The van der Waals surface area contributed by atoms with Gasteiger partial charge in [0.2, 0.25) is 0 Å². The second kappa shape index (κ2) is 8.74. The molecule has 0 bridgehead atoms. The molecular weight excluding hydrogens is 368 g/mol. The maximum absolute atomic E-state index is 12.6. The molecule has 0 atom stereocenters. The number of rotatable bonds is 5. The third-order valence-corrected chi connectivity index (χ3v) is 5.77. The molecular formula is C20H25ClN2O4. The van der Waals surface area contributed by atoms with Crippen molar-refractivity contribution in [3.05, 3.63) is 34.9 Å². The first-order chi connectivity index (χ1) is 13.0. The number of urea groups is 1. The molecule has 1 aromatic carbocycles. The lowest BCUT2D eigenvalue weighted by molar-refractivity contribution is -0.157. The maximum atomic E-state index is 12.6. The van der Waals surface area contributed by atoms with Crippen LogP contribution in [-0.4, -0.2) is 30.6 Å². The van der Waals surface area contributed by atoms with Gasteiger partial charge < -0.3 is 10.1 Å². The fraction of sp³-hybridized carbons (Fsp3) is 0.550. The van der Waals surface area contributed by atoms with Gasteiger partial charge in [-0.15, -0.1) is 0 Å². The monoisotopic (exact) mass is 392 g/mol. The zero-order valence-corrected chi connectivity index (χ0v) is 16.0. The Hall–Kier alpha value is -2.08. The number of imide groups is 1. The van der Waals surface area contributed by atoms with E-state index in [4.69, 9.17) is 16.3 Å². The molecule has 0 radical (unpaired) electrons. The minimum Gasteiger partial charge on any atom is -0.455 e. The van der Waals surface area contributed by atoms with Crippen LogP contribution in [-0.2, 0) is 19.7 Å². The summed E-state index contributed by atoms with van der Waals surface area (Å²) in [5.41, 5.74) is 0.133. The second-order valence-electron chi connectivity index (χ2n) is 7.38. The van der Waals surface area contributed by atoms with Gasteiger partial charge in [-0.05, 0) is 43.4 Å². The van der Waals surface area contributed by atoms with E-state index in [1.54, 1.807) is 12.1 Å². The molecule has 2 fully saturated rings. The summed E-state index contributed by atoms with van der Waals surface area (Å²) in [5.74, 6) is -1.05. The van der Waals surface area contributed by atoms with Gasteiger partial charge in [0.05, 0.1) is 5.41 Å². The molecule has 0 unspecified atom stereocenters. The average Bonchev–Trinajstić information content (AvgIpc) is 2.61. The van der Waals surface area contributed by atoms with Crippen LogP contribution in [0.25, 0.3) is 0 Å². The van der Waals surface area contributed by atoms with Crippen LogP contribution in [0, 0.1) is 0 Å². The van der Waals surface area contributed by atoms with Crippen molar-refractivity contribution in [3.63, 3.8) is 0 Å². The summed E-state index contributed by atoms with van der Waals surface area (Å²) < 4.78 is 5.22. The zero-order chi connectivity index (χ0) is 19.3. The molecule has 3 amide bonds. The highest BCUT2D eigenvalue weighted by molar-refractivity contribution is 6.30. The minimum absolute atomic E-state index is 0.109. The summed E-state index contributed by atoms with van der Waals surface area (Å²) in [4.78, 5) is 36.4. The van der Waals surface area contributed by atoms with Crippen LogP contribution in [0.15, 0.2) is 24.3 Å². The van der Waals surface area contributed by atoms with Crippen LogP contribution < -0.4 is 10.6 Å². The molecule has 0 spiro atoms. The molecule has 1 aromatic rings. The van der Waals surface area contributed by atoms with Crippen LogP contribution in [0.2, 0.25) is 5.02 Å². The molecule has 6 nitrogen and oxygen atoms in total. The van der Waals surface area contributed by atoms with E-state index in [2.05, 4.69) is 10.6 Å². The van der Waals surface area contributed by atoms with Gasteiger partial charge in [0.15, 0.2) is 6.61 Å². The van der Waals surface area contributed by atoms with Crippen molar-refractivity contribution < 1.29 is 19.1 Å². The Morgan fingerprint density at radius 1 is 1.04 bits per heavy atom. The number of halogens is 1. The Kier molecular flexibility index (Phi) is 6.37.